The normalized spacial score (nSPS) is 14.6. The van der Waals surface area contributed by atoms with E-state index in [1.807, 2.05) is 18.7 Å². The minimum atomic E-state index is -1.10. The molecule has 0 aliphatic rings. The largest absolute Gasteiger partial charge is 0.480 e. The van der Waals surface area contributed by atoms with Gasteiger partial charge in [-0.1, -0.05) is 43.1 Å². The van der Waals surface area contributed by atoms with Gasteiger partial charge in [0.05, 0.1) is 10.0 Å². The number of carboxylic acids is 1. The molecule has 1 unspecified atom stereocenters. The molecule has 100 valence electrons. The van der Waals surface area contributed by atoms with Crippen molar-refractivity contribution in [3.63, 3.8) is 0 Å². The SMILES string of the molecule is CCN(CC)C(C)(C(=O)O)c1ccc(Cl)c(Cl)c1. The molecule has 0 saturated carbocycles. The van der Waals surface area contributed by atoms with E-state index in [0.29, 0.717) is 28.7 Å². The molecule has 0 saturated heterocycles. The molecule has 0 spiro atoms. The van der Waals surface area contributed by atoms with Crippen molar-refractivity contribution in [1.29, 1.82) is 0 Å². The van der Waals surface area contributed by atoms with Crippen LogP contribution in [0, 0.1) is 0 Å². The van der Waals surface area contributed by atoms with Gasteiger partial charge in [-0.05, 0) is 37.7 Å². The number of rotatable bonds is 5. The molecule has 0 fully saturated rings. The Morgan fingerprint density at radius 1 is 1.28 bits per heavy atom. The van der Waals surface area contributed by atoms with Gasteiger partial charge in [0, 0.05) is 0 Å². The van der Waals surface area contributed by atoms with Gasteiger partial charge in [-0.3, -0.25) is 4.90 Å². The number of carboxylic acid groups (broad SMARTS) is 1. The molecule has 1 rings (SSSR count). The fourth-order valence-corrected chi connectivity index (χ4v) is 2.39. The Morgan fingerprint density at radius 3 is 2.22 bits per heavy atom. The summed E-state index contributed by atoms with van der Waals surface area (Å²) in [4.78, 5) is 13.5. The maximum absolute atomic E-state index is 11.7. The molecule has 0 aromatic heterocycles. The fourth-order valence-electron chi connectivity index (χ4n) is 2.10. The minimum absolute atomic E-state index is 0.369. The Balaban J connectivity index is 3.35. The lowest BCUT2D eigenvalue weighted by Crippen LogP contribution is -2.49. The third-order valence-electron chi connectivity index (χ3n) is 3.29. The second kappa shape index (κ2) is 5.91. The number of nitrogens with zero attached hydrogens (tertiary/aromatic N) is 1. The zero-order valence-corrected chi connectivity index (χ0v) is 12.2. The first-order valence-electron chi connectivity index (χ1n) is 5.81. The van der Waals surface area contributed by atoms with Gasteiger partial charge in [0.1, 0.15) is 5.54 Å². The van der Waals surface area contributed by atoms with Gasteiger partial charge in [0.2, 0.25) is 0 Å². The highest BCUT2D eigenvalue weighted by Crippen LogP contribution is 2.33. The Hall–Kier alpha value is -0.770. The Morgan fingerprint density at radius 2 is 1.83 bits per heavy atom. The first kappa shape index (κ1) is 15.3. The van der Waals surface area contributed by atoms with Crippen LogP contribution in [0.25, 0.3) is 0 Å². The monoisotopic (exact) mass is 289 g/mol. The van der Waals surface area contributed by atoms with Crippen molar-refractivity contribution < 1.29 is 9.90 Å². The Kier molecular flexibility index (Phi) is 5.02. The van der Waals surface area contributed by atoms with Crippen LogP contribution in [0.5, 0.6) is 0 Å². The third-order valence-corrected chi connectivity index (χ3v) is 4.03. The predicted octanol–water partition coefficient (Wildman–Crippen LogP) is 3.64. The summed E-state index contributed by atoms with van der Waals surface area (Å²) in [5.41, 5.74) is -0.467. The third kappa shape index (κ3) is 2.63. The molecule has 0 bridgehead atoms. The molecule has 1 aromatic rings. The molecular formula is C13H17Cl2NO2. The highest BCUT2D eigenvalue weighted by Gasteiger charge is 2.40. The molecule has 1 N–H and O–H groups in total. The molecule has 0 radical (unpaired) electrons. The molecule has 1 atom stereocenters. The van der Waals surface area contributed by atoms with Crippen molar-refractivity contribution in [2.24, 2.45) is 0 Å². The van der Waals surface area contributed by atoms with E-state index in [0.717, 1.165) is 0 Å². The number of aliphatic carboxylic acids is 1. The van der Waals surface area contributed by atoms with Crippen LogP contribution in [-0.4, -0.2) is 29.1 Å². The van der Waals surface area contributed by atoms with Gasteiger partial charge in [-0.2, -0.15) is 0 Å². The average Bonchev–Trinajstić information content (AvgIpc) is 2.33. The van der Waals surface area contributed by atoms with Gasteiger partial charge >= 0.3 is 5.97 Å². The number of benzene rings is 1. The Bertz CT molecular complexity index is 447. The van der Waals surface area contributed by atoms with Gasteiger partial charge in [0.15, 0.2) is 0 Å². The summed E-state index contributed by atoms with van der Waals surface area (Å²) in [6, 6.07) is 4.96. The quantitative estimate of drug-likeness (QED) is 0.900. The Labute approximate surface area is 117 Å². The zero-order valence-electron chi connectivity index (χ0n) is 10.7. The summed E-state index contributed by atoms with van der Waals surface area (Å²) in [6.07, 6.45) is 0. The second-order valence-corrected chi connectivity index (χ2v) is 4.99. The summed E-state index contributed by atoms with van der Waals surface area (Å²) < 4.78 is 0. The van der Waals surface area contributed by atoms with Crippen molar-refractivity contribution in [1.82, 2.24) is 4.90 Å². The van der Waals surface area contributed by atoms with Crippen molar-refractivity contribution in [3.05, 3.63) is 33.8 Å². The van der Waals surface area contributed by atoms with Gasteiger partial charge < -0.3 is 5.11 Å². The average molecular weight is 290 g/mol. The van der Waals surface area contributed by atoms with E-state index < -0.39 is 11.5 Å². The van der Waals surface area contributed by atoms with E-state index >= 15 is 0 Å². The van der Waals surface area contributed by atoms with Crippen LogP contribution >= 0.6 is 23.2 Å². The predicted molar refractivity (Wildman–Crippen MR) is 74.4 cm³/mol. The van der Waals surface area contributed by atoms with Gasteiger partial charge in [0.25, 0.3) is 0 Å². The van der Waals surface area contributed by atoms with Gasteiger partial charge in [-0.25, -0.2) is 4.79 Å². The van der Waals surface area contributed by atoms with E-state index in [9.17, 15) is 9.90 Å². The molecule has 0 aliphatic heterocycles. The molecule has 0 aliphatic carbocycles. The molecular weight excluding hydrogens is 273 g/mol. The lowest BCUT2D eigenvalue weighted by atomic mass is 9.90. The van der Waals surface area contributed by atoms with Crippen LogP contribution in [-0.2, 0) is 10.3 Å². The number of halogens is 2. The van der Waals surface area contributed by atoms with Crippen LogP contribution in [0.15, 0.2) is 18.2 Å². The standard InChI is InChI=1S/C13H17Cl2NO2/c1-4-16(5-2)13(3,12(17)18)9-6-7-10(14)11(15)8-9/h6-8H,4-5H2,1-3H3,(H,17,18). The molecule has 0 heterocycles. The molecule has 1 aromatic carbocycles. The van der Waals surface area contributed by atoms with Crippen molar-refractivity contribution in [2.45, 2.75) is 26.3 Å². The van der Waals surface area contributed by atoms with Crippen molar-refractivity contribution in [3.8, 4) is 0 Å². The smallest absolute Gasteiger partial charge is 0.328 e. The van der Waals surface area contributed by atoms with E-state index in [2.05, 4.69) is 0 Å². The van der Waals surface area contributed by atoms with Crippen molar-refractivity contribution >= 4 is 29.2 Å². The highest BCUT2D eigenvalue weighted by molar-refractivity contribution is 6.42. The fraction of sp³-hybridized carbons (Fsp3) is 0.462. The highest BCUT2D eigenvalue weighted by atomic mass is 35.5. The minimum Gasteiger partial charge on any atom is -0.480 e. The summed E-state index contributed by atoms with van der Waals surface area (Å²) in [5.74, 6) is -0.899. The molecule has 5 heteroatoms. The summed E-state index contributed by atoms with van der Waals surface area (Å²) in [5, 5.41) is 10.4. The lowest BCUT2D eigenvalue weighted by molar-refractivity contribution is -0.151. The zero-order chi connectivity index (χ0) is 13.9. The van der Waals surface area contributed by atoms with E-state index in [1.165, 1.54) is 0 Å². The van der Waals surface area contributed by atoms with Crippen molar-refractivity contribution in [2.75, 3.05) is 13.1 Å². The molecule has 3 nitrogen and oxygen atoms in total. The van der Waals surface area contributed by atoms with Crippen LogP contribution < -0.4 is 0 Å². The van der Waals surface area contributed by atoms with Gasteiger partial charge in [-0.15, -0.1) is 0 Å². The number of carbonyl (C=O) groups is 1. The first-order valence-corrected chi connectivity index (χ1v) is 6.57. The first-order chi connectivity index (χ1) is 8.37. The van der Waals surface area contributed by atoms with Crippen LogP contribution in [0.4, 0.5) is 0 Å². The summed E-state index contributed by atoms with van der Waals surface area (Å²) in [6.45, 7) is 6.82. The lowest BCUT2D eigenvalue weighted by Gasteiger charge is -2.37. The molecule has 18 heavy (non-hydrogen) atoms. The molecule has 0 amide bonds. The van der Waals surface area contributed by atoms with Crippen LogP contribution in [0.2, 0.25) is 10.0 Å². The van der Waals surface area contributed by atoms with Crippen LogP contribution in [0.1, 0.15) is 26.3 Å². The maximum Gasteiger partial charge on any atom is 0.328 e. The van der Waals surface area contributed by atoms with E-state index in [-0.39, 0.29) is 0 Å². The van der Waals surface area contributed by atoms with E-state index in [4.69, 9.17) is 23.2 Å². The number of hydrogen-bond acceptors (Lipinski definition) is 2. The topological polar surface area (TPSA) is 40.5 Å². The maximum atomic E-state index is 11.7. The second-order valence-electron chi connectivity index (χ2n) is 4.18. The number of likely N-dealkylation sites (N-methyl/N-ethyl adjacent to an activating group) is 1. The van der Waals surface area contributed by atoms with Crippen LogP contribution in [0.3, 0.4) is 0 Å². The summed E-state index contributed by atoms with van der Waals surface area (Å²) in [7, 11) is 0. The summed E-state index contributed by atoms with van der Waals surface area (Å²) >= 11 is 11.8. The number of hydrogen-bond donors (Lipinski definition) is 1. The van der Waals surface area contributed by atoms with E-state index in [1.54, 1.807) is 25.1 Å².